The van der Waals surface area contributed by atoms with Crippen molar-refractivity contribution in [1.29, 1.82) is 0 Å². The van der Waals surface area contributed by atoms with E-state index >= 15 is 0 Å². The molecule has 192 valence electrons. The number of nitrogens with zero attached hydrogens (tertiary/aromatic N) is 2. The fraction of sp³-hybridized carbons (Fsp3) is 0.522. The average molecular weight is 511 g/mol. The van der Waals surface area contributed by atoms with Crippen LogP contribution in [0.4, 0.5) is 14.2 Å². The second-order valence-electron chi connectivity index (χ2n) is 7.91. The number of rotatable bonds is 12. The van der Waals surface area contributed by atoms with Crippen LogP contribution in [0.3, 0.4) is 0 Å². The Morgan fingerprint density at radius 1 is 1.14 bits per heavy atom. The van der Waals surface area contributed by atoms with Crippen LogP contribution in [0, 0.1) is 5.82 Å². The van der Waals surface area contributed by atoms with Crippen molar-refractivity contribution in [2.24, 2.45) is 0 Å². The number of aromatic nitrogens is 1. The first-order chi connectivity index (χ1) is 17.0. The molecule has 2 heterocycles. The van der Waals surface area contributed by atoms with Crippen LogP contribution in [0.2, 0.25) is 0 Å². The molecule has 0 atom stereocenters. The van der Waals surface area contributed by atoms with Crippen molar-refractivity contribution in [3.63, 3.8) is 0 Å². The highest BCUT2D eigenvalue weighted by molar-refractivity contribution is 7.11. The summed E-state index contributed by atoms with van der Waals surface area (Å²) < 4.78 is 39.4. The summed E-state index contributed by atoms with van der Waals surface area (Å²) in [6.07, 6.45) is 4.36. The molecule has 10 nitrogen and oxygen atoms in total. The van der Waals surface area contributed by atoms with Crippen molar-refractivity contribution in [3.8, 4) is 17.4 Å². The van der Waals surface area contributed by atoms with Crippen LogP contribution >= 0.6 is 11.5 Å². The van der Waals surface area contributed by atoms with E-state index < -0.39 is 17.8 Å². The number of nitrogens with one attached hydrogen (secondary N) is 2. The van der Waals surface area contributed by atoms with Gasteiger partial charge in [-0.05, 0) is 62.9 Å². The number of likely N-dealkylation sites (tertiary alicyclic amines) is 1. The molecule has 0 aliphatic carbocycles. The minimum atomic E-state index is -0.738. The van der Waals surface area contributed by atoms with Crippen LogP contribution in [0.15, 0.2) is 12.1 Å². The molecule has 2 N–H and O–H groups in total. The quantitative estimate of drug-likeness (QED) is 0.329. The highest BCUT2D eigenvalue weighted by Gasteiger charge is 2.25. The Morgan fingerprint density at radius 3 is 2.60 bits per heavy atom. The second-order valence-corrected chi connectivity index (χ2v) is 8.69. The molecule has 1 saturated heterocycles. The molecule has 0 radical (unpaired) electrons. The molecule has 2 aromatic rings. The zero-order valence-electron chi connectivity index (χ0n) is 20.1. The number of hydrogen-bond acceptors (Lipinski definition) is 9. The minimum Gasteiger partial charge on any atom is -0.497 e. The van der Waals surface area contributed by atoms with Crippen LogP contribution in [0.1, 0.15) is 41.6 Å². The van der Waals surface area contributed by atoms with Gasteiger partial charge in [-0.25, -0.2) is 14.0 Å². The van der Waals surface area contributed by atoms with Gasteiger partial charge in [0.2, 0.25) is 5.88 Å². The Hall–Kier alpha value is -3.12. The average Bonchev–Trinajstić information content (AvgIpc) is 3.52. The smallest absolute Gasteiger partial charge is 0.346 e. The number of ether oxygens (including phenoxy) is 4. The number of esters is 1. The first-order valence-electron chi connectivity index (χ1n) is 11.3. The second kappa shape index (κ2) is 13.1. The van der Waals surface area contributed by atoms with Crippen molar-refractivity contribution in [3.05, 3.63) is 29.1 Å². The van der Waals surface area contributed by atoms with E-state index in [1.54, 1.807) is 0 Å². The zero-order chi connectivity index (χ0) is 25.2. The molecule has 0 saturated carbocycles. The Morgan fingerprint density at radius 2 is 1.91 bits per heavy atom. The standard InChI is InChI=1S/C23H31FN4O6S/c1-31-16-12-15(19(24)17(13-16)32-2)14-34-20-18(22(29)33-3)21(35-27-20)26-23(30)25-8-4-5-9-28-10-6-7-11-28/h12-13H,4-11,14H2,1-3H3,(H2,25,26,30). The molecule has 1 aromatic heterocycles. The van der Waals surface area contributed by atoms with Gasteiger partial charge in [-0.1, -0.05) is 0 Å². The summed E-state index contributed by atoms with van der Waals surface area (Å²) in [4.78, 5) is 27.1. The molecule has 1 aromatic carbocycles. The summed E-state index contributed by atoms with van der Waals surface area (Å²) in [5.74, 6) is -1.06. The number of halogens is 1. The van der Waals surface area contributed by atoms with Gasteiger partial charge in [-0.3, -0.25) is 5.32 Å². The summed E-state index contributed by atoms with van der Waals surface area (Å²) in [6, 6.07) is 2.41. The van der Waals surface area contributed by atoms with E-state index in [0.29, 0.717) is 12.3 Å². The molecule has 1 aliphatic rings. The number of carbonyl (C=O) groups is 2. The molecule has 1 aliphatic heterocycles. The third-order valence-corrected chi connectivity index (χ3v) is 6.32. The van der Waals surface area contributed by atoms with Crippen LogP contribution in [-0.2, 0) is 11.3 Å². The summed E-state index contributed by atoms with van der Waals surface area (Å²) in [6.45, 7) is 3.59. The van der Waals surface area contributed by atoms with E-state index in [0.717, 1.165) is 44.0 Å². The van der Waals surface area contributed by atoms with Crippen molar-refractivity contribution >= 4 is 28.5 Å². The number of urea groups is 1. The van der Waals surface area contributed by atoms with Crippen LogP contribution < -0.4 is 24.8 Å². The fourth-order valence-electron chi connectivity index (χ4n) is 3.70. The number of methoxy groups -OCH3 is 3. The molecule has 1 fully saturated rings. The number of hydrogen-bond donors (Lipinski definition) is 2. The monoisotopic (exact) mass is 510 g/mol. The molecule has 35 heavy (non-hydrogen) atoms. The summed E-state index contributed by atoms with van der Waals surface area (Å²) >= 11 is 0.866. The third-order valence-electron chi connectivity index (χ3n) is 5.57. The fourth-order valence-corrected chi connectivity index (χ4v) is 4.42. The maximum atomic E-state index is 14.6. The lowest BCUT2D eigenvalue weighted by Gasteiger charge is -2.14. The van der Waals surface area contributed by atoms with E-state index in [-0.39, 0.29) is 34.4 Å². The van der Waals surface area contributed by atoms with Gasteiger partial charge in [0.25, 0.3) is 0 Å². The molecule has 0 bridgehead atoms. The summed E-state index contributed by atoms with van der Waals surface area (Å²) in [7, 11) is 4.00. The predicted molar refractivity (Wildman–Crippen MR) is 129 cm³/mol. The maximum absolute atomic E-state index is 14.6. The van der Waals surface area contributed by atoms with Gasteiger partial charge in [-0.15, -0.1) is 0 Å². The Labute approximate surface area is 207 Å². The van der Waals surface area contributed by atoms with Gasteiger partial charge in [-0.2, -0.15) is 4.37 Å². The van der Waals surface area contributed by atoms with Crippen LogP contribution in [0.5, 0.6) is 17.4 Å². The van der Waals surface area contributed by atoms with Gasteiger partial charge < -0.3 is 29.2 Å². The lowest BCUT2D eigenvalue weighted by Crippen LogP contribution is -2.30. The summed E-state index contributed by atoms with van der Waals surface area (Å²) in [5.41, 5.74) is 0.100. The highest BCUT2D eigenvalue weighted by Crippen LogP contribution is 2.33. The number of anilines is 1. The van der Waals surface area contributed by atoms with Crippen molar-refractivity contribution in [2.75, 3.05) is 52.8 Å². The largest absolute Gasteiger partial charge is 0.497 e. The molecule has 2 amide bonds. The predicted octanol–water partition coefficient (Wildman–Crippen LogP) is 3.66. The Kier molecular flexibility index (Phi) is 9.91. The Balaban J connectivity index is 1.59. The molecule has 0 spiro atoms. The topological polar surface area (TPSA) is 111 Å². The molecular formula is C23H31FN4O6S. The van der Waals surface area contributed by atoms with Gasteiger partial charge in [0.05, 0.1) is 21.3 Å². The number of amides is 2. The number of carbonyl (C=O) groups excluding carboxylic acids is 2. The van der Waals surface area contributed by atoms with Gasteiger partial charge in [0, 0.05) is 18.2 Å². The third kappa shape index (κ3) is 7.18. The molecular weight excluding hydrogens is 479 g/mol. The SMILES string of the molecule is COC(=O)c1c(OCc2cc(OC)cc(OC)c2F)nsc1NC(=O)NCCCCN1CCCC1. The zero-order valence-corrected chi connectivity index (χ0v) is 21.0. The first-order valence-corrected chi connectivity index (χ1v) is 12.1. The molecule has 3 rings (SSSR count). The van der Waals surface area contributed by atoms with Gasteiger partial charge in [0.15, 0.2) is 17.1 Å². The number of benzene rings is 1. The lowest BCUT2D eigenvalue weighted by atomic mass is 10.2. The molecule has 12 heteroatoms. The van der Waals surface area contributed by atoms with E-state index in [9.17, 15) is 14.0 Å². The van der Waals surface area contributed by atoms with E-state index in [1.807, 2.05) is 0 Å². The maximum Gasteiger partial charge on any atom is 0.346 e. The first kappa shape index (κ1) is 26.5. The van der Waals surface area contributed by atoms with Crippen molar-refractivity contribution in [1.82, 2.24) is 14.6 Å². The van der Waals surface area contributed by atoms with Crippen LogP contribution in [0.25, 0.3) is 0 Å². The summed E-state index contributed by atoms with van der Waals surface area (Å²) in [5, 5.41) is 5.58. The van der Waals surface area contributed by atoms with Crippen molar-refractivity contribution < 1.29 is 32.9 Å². The molecule has 0 unspecified atom stereocenters. The minimum absolute atomic E-state index is 0.00567. The van der Waals surface area contributed by atoms with E-state index in [1.165, 1.54) is 46.3 Å². The van der Waals surface area contributed by atoms with Gasteiger partial charge in [0.1, 0.15) is 17.4 Å². The van der Waals surface area contributed by atoms with Gasteiger partial charge >= 0.3 is 12.0 Å². The number of unbranched alkanes of at least 4 members (excludes halogenated alkanes) is 1. The van der Waals surface area contributed by atoms with Crippen molar-refractivity contribution in [2.45, 2.75) is 32.3 Å². The Bertz CT molecular complexity index is 1010. The normalized spacial score (nSPS) is 13.4. The van der Waals surface area contributed by atoms with Crippen LogP contribution in [-0.4, -0.2) is 68.8 Å². The highest BCUT2D eigenvalue weighted by atomic mass is 32.1. The lowest BCUT2D eigenvalue weighted by molar-refractivity contribution is 0.0596. The van der Waals surface area contributed by atoms with E-state index in [4.69, 9.17) is 18.9 Å². The van der Waals surface area contributed by atoms with E-state index in [2.05, 4.69) is 19.9 Å².